The number of benzene rings is 2. The van der Waals surface area contributed by atoms with Gasteiger partial charge in [0.2, 0.25) is 5.91 Å². The third-order valence-electron chi connectivity index (χ3n) is 8.06. The summed E-state index contributed by atoms with van der Waals surface area (Å²) in [6, 6.07) is 13.6. The molecule has 180 valence electrons. The van der Waals surface area contributed by atoms with Crippen LogP contribution in [0.4, 0.5) is 5.69 Å². The van der Waals surface area contributed by atoms with Crippen LogP contribution in [0.15, 0.2) is 42.5 Å². The predicted octanol–water partition coefficient (Wildman–Crippen LogP) is 5.45. The molecule has 6 nitrogen and oxygen atoms in total. The van der Waals surface area contributed by atoms with Crippen LogP contribution in [0.25, 0.3) is 0 Å². The van der Waals surface area contributed by atoms with Gasteiger partial charge in [0.25, 0.3) is 5.91 Å². The predicted molar refractivity (Wildman–Crippen MR) is 131 cm³/mol. The molecule has 0 aromatic heterocycles. The smallest absolute Gasteiger partial charge is 0.256 e. The van der Waals surface area contributed by atoms with Crippen molar-refractivity contribution >= 4 is 17.5 Å². The van der Waals surface area contributed by atoms with Gasteiger partial charge in [0.1, 0.15) is 0 Å². The Kier molecular flexibility index (Phi) is 6.48. The van der Waals surface area contributed by atoms with E-state index in [4.69, 9.17) is 9.47 Å². The van der Waals surface area contributed by atoms with Crippen LogP contribution in [0.1, 0.15) is 66.9 Å². The highest BCUT2D eigenvalue weighted by atomic mass is 16.5. The molecule has 1 aliphatic heterocycles. The third-order valence-corrected chi connectivity index (χ3v) is 8.06. The molecule has 2 amide bonds. The second-order valence-corrected chi connectivity index (χ2v) is 10.0. The number of carbonyl (C=O) groups is 2. The molecule has 2 saturated carbocycles. The van der Waals surface area contributed by atoms with Crippen molar-refractivity contribution in [3.8, 4) is 11.5 Å². The lowest BCUT2D eigenvalue weighted by Crippen LogP contribution is -2.31. The molecule has 34 heavy (non-hydrogen) atoms. The Morgan fingerprint density at radius 3 is 2.44 bits per heavy atom. The minimum absolute atomic E-state index is 0.0272. The fourth-order valence-corrected chi connectivity index (χ4v) is 6.41. The van der Waals surface area contributed by atoms with E-state index in [-0.39, 0.29) is 17.9 Å². The molecule has 1 N–H and O–H groups in total. The number of hydrogen-bond donors (Lipinski definition) is 1. The number of carbonyl (C=O) groups excluding carboxylic acids is 2. The van der Waals surface area contributed by atoms with Crippen molar-refractivity contribution in [1.29, 1.82) is 0 Å². The number of amides is 2. The Labute approximate surface area is 201 Å². The molecule has 0 radical (unpaired) electrons. The average molecular weight is 463 g/mol. The largest absolute Gasteiger partial charge is 0.493 e. The number of anilines is 1. The number of hydrogen-bond acceptors (Lipinski definition) is 4. The summed E-state index contributed by atoms with van der Waals surface area (Å²) in [7, 11) is 3.12. The van der Waals surface area contributed by atoms with Crippen molar-refractivity contribution in [2.24, 2.45) is 17.8 Å². The zero-order valence-corrected chi connectivity index (χ0v) is 20.1. The van der Waals surface area contributed by atoms with E-state index >= 15 is 0 Å². The molecular weight excluding hydrogens is 428 g/mol. The maximum atomic E-state index is 13.8. The molecule has 0 spiro atoms. The van der Waals surface area contributed by atoms with Gasteiger partial charge in [0.15, 0.2) is 11.5 Å². The molecule has 1 heterocycles. The van der Waals surface area contributed by atoms with Gasteiger partial charge in [0.05, 0.1) is 31.5 Å². The molecular formula is C28H34N2O4. The van der Waals surface area contributed by atoms with Crippen molar-refractivity contribution in [1.82, 2.24) is 4.90 Å². The van der Waals surface area contributed by atoms with Crippen LogP contribution in [0.2, 0.25) is 0 Å². The maximum Gasteiger partial charge on any atom is 0.256 e. The van der Waals surface area contributed by atoms with E-state index in [1.54, 1.807) is 26.4 Å². The molecule has 3 fully saturated rings. The molecule has 2 bridgehead atoms. The molecule has 6 heteroatoms. The van der Waals surface area contributed by atoms with Gasteiger partial charge in [-0.15, -0.1) is 0 Å². The number of methoxy groups -OCH3 is 2. The van der Waals surface area contributed by atoms with Gasteiger partial charge >= 0.3 is 0 Å². The van der Waals surface area contributed by atoms with Crippen LogP contribution >= 0.6 is 0 Å². The van der Waals surface area contributed by atoms with E-state index in [1.807, 2.05) is 23.1 Å². The third kappa shape index (κ3) is 4.38. The number of fused-ring (bicyclic) bond motifs is 2. The van der Waals surface area contributed by atoms with Gasteiger partial charge in [-0.05, 0) is 61.5 Å². The fourth-order valence-electron chi connectivity index (χ4n) is 6.41. The van der Waals surface area contributed by atoms with Crippen LogP contribution in [-0.2, 0) is 4.79 Å². The van der Waals surface area contributed by atoms with Crippen LogP contribution in [0.5, 0.6) is 11.5 Å². The summed E-state index contributed by atoms with van der Waals surface area (Å²) in [4.78, 5) is 28.8. The topological polar surface area (TPSA) is 67.9 Å². The Balaban J connectivity index is 1.41. The summed E-state index contributed by atoms with van der Waals surface area (Å²) < 4.78 is 11.0. The second-order valence-electron chi connectivity index (χ2n) is 10.0. The first-order valence-corrected chi connectivity index (χ1v) is 12.5. The van der Waals surface area contributed by atoms with E-state index in [9.17, 15) is 9.59 Å². The number of ether oxygens (including phenoxy) is 2. The normalized spacial score (nSPS) is 25.4. The van der Waals surface area contributed by atoms with E-state index < -0.39 is 0 Å². The summed E-state index contributed by atoms with van der Waals surface area (Å²) in [5, 5.41) is 3.06. The fraction of sp³-hybridized carbons (Fsp3) is 0.500. The first-order valence-electron chi connectivity index (χ1n) is 12.5. The van der Waals surface area contributed by atoms with Crippen molar-refractivity contribution < 1.29 is 19.1 Å². The van der Waals surface area contributed by atoms with E-state index in [0.717, 1.165) is 30.7 Å². The first kappa shape index (κ1) is 22.8. The molecule has 2 aliphatic carbocycles. The molecule has 4 atom stereocenters. The molecule has 2 aromatic rings. The molecule has 5 rings (SSSR count). The standard InChI is InChI=1S/C28H34N2O4/c1-33-25-16-22(28(32)30-12-6-9-24(30)19-7-4-3-5-8-19)23(17-26(25)34-2)29-27(31)15-21-14-18-10-11-20(21)13-18/h3-5,7-8,16-18,20-21,24H,6,9-15H2,1-2H3,(H,29,31)/t18-,20-,21-,24+/m0/s1. The SMILES string of the molecule is COc1cc(NC(=O)C[C@@H]2C[C@H]3CC[C@H]2C3)c(C(=O)N2CCC[C@@H]2c2ccccc2)cc1OC. The van der Waals surface area contributed by atoms with E-state index in [0.29, 0.717) is 47.6 Å². The van der Waals surface area contributed by atoms with Crippen LogP contribution in [0, 0.1) is 17.8 Å². The van der Waals surface area contributed by atoms with Crippen LogP contribution in [-0.4, -0.2) is 37.5 Å². The summed E-state index contributed by atoms with van der Waals surface area (Å²) in [5.74, 6) is 2.79. The average Bonchev–Trinajstić information content (AvgIpc) is 3.61. The lowest BCUT2D eigenvalue weighted by molar-refractivity contribution is -0.117. The van der Waals surface area contributed by atoms with Crippen LogP contribution in [0.3, 0.4) is 0 Å². The van der Waals surface area contributed by atoms with Crippen molar-refractivity contribution in [3.63, 3.8) is 0 Å². The van der Waals surface area contributed by atoms with Gasteiger partial charge in [-0.25, -0.2) is 0 Å². The number of nitrogens with zero attached hydrogens (tertiary/aromatic N) is 1. The molecule has 2 aromatic carbocycles. The van der Waals surface area contributed by atoms with Gasteiger partial charge in [-0.1, -0.05) is 36.8 Å². The lowest BCUT2D eigenvalue weighted by Gasteiger charge is -2.27. The van der Waals surface area contributed by atoms with Gasteiger partial charge in [-0.2, -0.15) is 0 Å². The summed E-state index contributed by atoms with van der Waals surface area (Å²) in [5.41, 5.74) is 2.08. The zero-order chi connectivity index (χ0) is 23.7. The number of likely N-dealkylation sites (tertiary alicyclic amines) is 1. The summed E-state index contributed by atoms with van der Waals surface area (Å²) in [6.45, 7) is 0.686. The Bertz CT molecular complexity index is 1050. The minimum Gasteiger partial charge on any atom is -0.493 e. The van der Waals surface area contributed by atoms with Crippen molar-refractivity contribution in [2.75, 3.05) is 26.1 Å². The maximum absolute atomic E-state index is 13.8. The Hall–Kier alpha value is -3.02. The minimum atomic E-state index is -0.0949. The van der Waals surface area contributed by atoms with Crippen molar-refractivity contribution in [3.05, 3.63) is 53.6 Å². The lowest BCUT2D eigenvalue weighted by atomic mass is 9.86. The molecule has 0 unspecified atom stereocenters. The molecule has 1 saturated heterocycles. The van der Waals surface area contributed by atoms with Crippen LogP contribution < -0.4 is 14.8 Å². The number of nitrogens with one attached hydrogen (secondary N) is 1. The summed E-state index contributed by atoms with van der Waals surface area (Å²) in [6.07, 6.45) is 7.38. The van der Waals surface area contributed by atoms with Gasteiger partial charge < -0.3 is 19.7 Å². The highest BCUT2D eigenvalue weighted by Gasteiger charge is 2.40. The van der Waals surface area contributed by atoms with Gasteiger partial charge in [0, 0.05) is 19.0 Å². The van der Waals surface area contributed by atoms with E-state index in [2.05, 4.69) is 17.4 Å². The summed E-state index contributed by atoms with van der Waals surface area (Å²) >= 11 is 0. The van der Waals surface area contributed by atoms with Crippen molar-refractivity contribution in [2.45, 2.75) is 51.0 Å². The zero-order valence-electron chi connectivity index (χ0n) is 20.1. The Morgan fingerprint density at radius 2 is 1.76 bits per heavy atom. The van der Waals surface area contributed by atoms with Gasteiger partial charge in [-0.3, -0.25) is 9.59 Å². The second kappa shape index (κ2) is 9.69. The van der Waals surface area contributed by atoms with E-state index in [1.165, 1.54) is 19.3 Å². The highest BCUT2D eigenvalue weighted by molar-refractivity contribution is 6.05. The Morgan fingerprint density at radius 1 is 1.00 bits per heavy atom. The monoisotopic (exact) mass is 462 g/mol. The quantitative estimate of drug-likeness (QED) is 0.594. The first-order chi connectivity index (χ1) is 16.6. The number of rotatable bonds is 7. The highest BCUT2D eigenvalue weighted by Crippen LogP contribution is 2.49. The molecule has 3 aliphatic rings.